The number of urea groups is 1. The van der Waals surface area contributed by atoms with Crippen LogP contribution in [-0.2, 0) is 11.4 Å². The molecule has 3 rings (SSSR count). The number of rotatable bonds is 4. The Kier molecular flexibility index (Phi) is 4.90. The van der Waals surface area contributed by atoms with Gasteiger partial charge in [-0.1, -0.05) is 35.9 Å². The average molecular weight is 401 g/mol. The molecule has 1 saturated heterocycles. The van der Waals surface area contributed by atoms with Crippen LogP contribution >= 0.6 is 15.9 Å². The van der Waals surface area contributed by atoms with Crippen molar-refractivity contribution in [2.75, 3.05) is 7.05 Å². The second kappa shape index (κ2) is 7.11. The molecule has 0 bridgehead atoms. The molecular weight excluding hydrogens is 384 g/mol. The fourth-order valence-corrected chi connectivity index (χ4v) is 2.99. The molecule has 1 aliphatic rings. The van der Waals surface area contributed by atoms with E-state index in [0.29, 0.717) is 12.4 Å². The van der Waals surface area contributed by atoms with E-state index in [1.807, 2.05) is 43.3 Å². The summed E-state index contributed by atoms with van der Waals surface area (Å²) < 4.78 is 6.62. The van der Waals surface area contributed by atoms with Gasteiger partial charge in [-0.25, -0.2) is 4.79 Å². The number of amides is 3. The quantitative estimate of drug-likeness (QED) is 0.625. The minimum atomic E-state index is -0.423. The Morgan fingerprint density at radius 1 is 1.20 bits per heavy atom. The summed E-state index contributed by atoms with van der Waals surface area (Å²) in [6, 6.07) is 13.2. The van der Waals surface area contributed by atoms with E-state index < -0.39 is 6.03 Å². The molecule has 1 aliphatic heterocycles. The van der Waals surface area contributed by atoms with Crippen LogP contribution in [0.25, 0.3) is 6.08 Å². The first-order valence-electron chi connectivity index (χ1n) is 7.72. The second-order valence-electron chi connectivity index (χ2n) is 5.82. The van der Waals surface area contributed by atoms with E-state index in [1.54, 1.807) is 6.08 Å². The molecule has 2 aromatic rings. The molecule has 0 aromatic heterocycles. The van der Waals surface area contributed by atoms with E-state index >= 15 is 0 Å². The summed E-state index contributed by atoms with van der Waals surface area (Å²) in [5.41, 5.74) is 3.33. The van der Waals surface area contributed by atoms with Crippen LogP contribution in [0.2, 0.25) is 0 Å². The van der Waals surface area contributed by atoms with E-state index in [1.165, 1.54) is 12.6 Å². The Morgan fingerprint density at radius 2 is 2.00 bits per heavy atom. The summed E-state index contributed by atoms with van der Waals surface area (Å²) in [4.78, 5) is 24.4. The van der Waals surface area contributed by atoms with Gasteiger partial charge in [0, 0.05) is 7.05 Å². The summed E-state index contributed by atoms with van der Waals surface area (Å²) in [6.45, 7) is 2.52. The van der Waals surface area contributed by atoms with Gasteiger partial charge in [0.1, 0.15) is 18.1 Å². The number of ether oxygens (including phenoxy) is 1. The third-order valence-electron chi connectivity index (χ3n) is 3.83. The number of halogens is 1. The van der Waals surface area contributed by atoms with Crippen LogP contribution in [-0.4, -0.2) is 23.9 Å². The molecule has 3 amide bonds. The monoisotopic (exact) mass is 400 g/mol. The van der Waals surface area contributed by atoms with Gasteiger partial charge in [0.25, 0.3) is 5.91 Å². The molecule has 2 aromatic carbocycles. The molecule has 0 aliphatic carbocycles. The van der Waals surface area contributed by atoms with Gasteiger partial charge < -0.3 is 10.1 Å². The molecule has 0 unspecified atom stereocenters. The highest BCUT2D eigenvalue weighted by Gasteiger charge is 2.29. The molecule has 128 valence electrons. The molecule has 0 spiro atoms. The number of benzene rings is 2. The molecule has 1 N–H and O–H groups in total. The van der Waals surface area contributed by atoms with Crippen molar-refractivity contribution in [2.45, 2.75) is 13.5 Å². The van der Waals surface area contributed by atoms with Crippen molar-refractivity contribution in [3.05, 3.63) is 69.3 Å². The van der Waals surface area contributed by atoms with Gasteiger partial charge in [-0.05, 0) is 52.2 Å². The highest BCUT2D eigenvalue weighted by molar-refractivity contribution is 9.10. The number of carbonyl (C=O) groups excluding carboxylic acids is 2. The maximum Gasteiger partial charge on any atom is 0.328 e. The number of nitrogens with one attached hydrogen (secondary N) is 1. The van der Waals surface area contributed by atoms with Crippen molar-refractivity contribution in [3.8, 4) is 5.75 Å². The lowest BCUT2D eigenvalue weighted by atomic mass is 10.1. The number of nitrogens with zero attached hydrogens (tertiary/aromatic N) is 1. The molecule has 5 nitrogen and oxygen atoms in total. The Hall–Kier alpha value is -2.60. The van der Waals surface area contributed by atoms with Crippen molar-refractivity contribution >= 4 is 33.9 Å². The minimum absolute atomic E-state index is 0.257. The van der Waals surface area contributed by atoms with Crippen LogP contribution in [0, 0.1) is 6.92 Å². The Morgan fingerprint density at radius 3 is 2.64 bits per heavy atom. The SMILES string of the molecule is Cc1cccc(COc2ccc(/C=C3/NC(=O)N(C)C3=O)cc2Br)c1. The predicted octanol–water partition coefficient (Wildman–Crippen LogP) is 3.86. The van der Waals surface area contributed by atoms with Gasteiger partial charge in [0.05, 0.1) is 4.47 Å². The fourth-order valence-electron chi connectivity index (χ4n) is 2.48. The van der Waals surface area contributed by atoms with Crippen molar-refractivity contribution in [2.24, 2.45) is 0 Å². The molecule has 25 heavy (non-hydrogen) atoms. The molecule has 1 heterocycles. The number of likely N-dealkylation sites (N-methyl/N-ethyl adjacent to an activating group) is 1. The van der Waals surface area contributed by atoms with E-state index in [0.717, 1.165) is 20.5 Å². The van der Waals surface area contributed by atoms with Crippen LogP contribution < -0.4 is 10.1 Å². The molecule has 0 radical (unpaired) electrons. The number of carbonyl (C=O) groups is 2. The van der Waals surface area contributed by atoms with Crippen LogP contribution in [0.15, 0.2) is 52.6 Å². The van der Waals surface area contributed by atoms with Crippen molar-refractivity contribution < 1.29 is 14.3 Å². The first-order valence-corrected chi connectivity index (χ1v) is 8.52. The lowest BCUT2D eigenvalue weighted by molar-refractivity contribution is -0.121. The van der Waals surface area contributed by atoms with Crippen LogP contribution in [0.5, 0.6) is 5.75 Å². The van der Waals surface area contributed by atoms with Gasteiger partial charge in [-0.3, -0.25) is 9.69 Å². The van der Waals surface area contributed by atoms with Crippen LogP contribution in [0.4, 0.5) is 4.79 Å². The van der Waals surface area contributed by atoms with Crippen LogP contribution in [0.3, 0.4) is 0 Å². The summed E-state index contributed by atoms with van der Waals surface area (Å²) in [7, 11) is 1.44. The predicted molar refractivity (Wildman–Crippen MR) is 98.9 cm³/mol. The van der Waals surface area contributed by atoms with E-state index in [2.05, 4.69) is 27.3 Å². The number of imide groups is 1. The van der Waals surface area contributed by atoms with Crippen molar-refractivity contribution in [3.63, 3.8) is 0 Å². The zero-order valence-corrected chi connectivity index (χ0v) is 15.5. The lowest BCUT2D eigenvalue weighted by Gasteiger charge is -2.09. The van der Waals surface area contributed by atoms with Crippen molar-refractivity contribution in [1.29, 1.82) is 0 Å². The Bertz CT molecular complexity index is 877. The first kappa shape index (κ1) is 17.2. The van der Waals surface area contributed by atoms with Crippen LogP contribution in [0.1, 0.15) is 16.7 Å². The minimum Gasteiger partial charge on any atom is -0.488 e. The van der Waals surface area contributed by atoms with E-state index in [-0.39, 0.29) is 11.6 Å². The zero-order chi connectivity index (χ0) is 18.0. The largest absolute Gasteiger partial charge is 0.488 e. The smallest absolute Gasteiger partial charge is 0.328 e. The van der Waals surface area contributed by atoms with E-state index in [4.69, 9.17) is 4.74 Å². The molecule has 1 fully saturated rings. The normalized spacial score (nSPS) is 15.6. The third kappa shape index (κ3) is 3.91. The maximum absolute atomic E-state index is 11.9. The van der Waals surface area contributed by atoms with Crippen molar-refractivity contribution in [1.82, 2.24) is 10.2 Å². The molecule has 0 atom stereocenters. The van der Waals surface area contributed by atoms with Gasteiger partial charge in [-0.2, -0.15) is 0 Å². The van der Waals surface area contributed by atoms with Gasteiger partial charge >= 0.3 is 6.03 Å². The summed E-state index contributed by atoms with van der Waals surface area (Å²) in [6.07, 6.45) is 1.64. The third-order valence-corrected chi connectivity index (χ3v) is 4.44. The molecule has 0 saturated carbocycles. The number of hydrogen-bond donors (Lipinski definition) is 1. The molecular formula is C19H17BrN2O3. The average Bonchev–Trinajstić information content (AvgIpc) is 2.81. The summed E-state index contributed by atoms with van der Waals surface area (Å²) >= 11 is 3.49. The summed E-state index contributed by atoms with van der Waals surface area (Å²) in [5.74, 6) is 0.364. The van der Waals surface area contributed by atoms with Gasteiger partial charge in [0.15, 0.2) is 0 Å². The van der Waals surface area contributed by atoms with E-state index in [9.17, 15) is 9.59 Å². The Labute approximate surface area is 154 Å². The fraction of sp³-hybridized carbons (Fsp3) is 0.158. The highest BCUT2D eigenvalue weighted by Crippen LogP contribution is 2.28. The lowest BCUT2D eigenvalue weighted by Crippen LogP contribution is -2.25. The molecule has 6 heteroatoms. The topological polar surface area (TPSA) is 58.6 Å². The Balaban J connectivity index is 1.73. The standard InChI is InChI=1S/C19H17BrN2O3/c1-12-4-3-5-14(8-12)11-25-17-7-6-13(9-15(17)20)10-16-18(23)22(2)19(24)21-16/h3-10H,11H2,1-2H3,(H,21,24)/b16-10+. The second-order valence-corrected chi connectivity index (χ2v) is 6.67. The first-order chi connectivity index (χ1) is 11.9. The summed E-state index contributed by atoms with van der Waals surface area (Å²) in [5, 5.41) is 2.54. The number of hydrogen-bond acceptors (Lipinski definition) is 3. The van der Waals surface area contributed by atoms with Gasteiger partial charge in [0.2, 0.25) is 0 Å². The highest BCUT2D eigenvalue weighted by atomic mass is 79.9. The maximum atomic E-state index is 11.9. The zero-order valence-electron chi connectivity index (χ0n) is 13.9. The van der Waals surface area contributed by atoms with Gasteiger partial charge in [-0.15, -0.1) is 0 Å². The number of aryl methyl sites for hydroxylation is 1.